The fourth-order valence-corrected chi connectivity index (χ4v) is 1.61. The lowest BCUT2D eigenvalue weighted by Gasteiger charge is -2.17. The van der Waals surface area contributed by atoms with Crippen LogP contribution in [0.3, 0.4) is 0 Å². The molecular formula is C11H16N6. The average Bonchev–Trinajstić information content (AvgIpc) is 2.75. The van der Waals surface area contributed by atoms with E-state index in [9.17, 15) is 0 Å². The van der Waals surface area contributed by atoms with Crippen LogP contribution in [0, 0.1) is 0 Å². The molecule has 0 atom stereocenters. The van der Waals surface area contributed by atoms with Gasteiger partial charge in [0.15, 0.2) is 5.82 Å². The van der Waals surface area contributed by atoms with E-state index in [1.807, 2.05) is 25.2 Å². The second-order valence-corrected chi connectivity index (χ2v) is 3.93. The van der Waals surface area contributed by atoms with Crippen LogP contribution in [0.5, 0.6) is 0 Å². The van der Waals surface area contributed by atoms with Crippen molar-refractivity contribution in [3.8, 4) is 0 Å². The van der Waals surface area contributed by atoms with Crippen LogP contribution in [0.2, 0.25) is 0 Å². The predicted molar refractivity (Wildman–Crippen MR) is 65.2 cm³/mol. The fraction of sp³-hybridized carbons (Fsp3) is 0.364. The highest BCUT2D eigenvalue weighted by atomic mass is 15.6. The lowest BCUT2D eigenvalue weighted by Crippen LogP contribution is -2.17. The maximum Gasteiger partial charge on any atom is 0.193 e. The molecule has 0 saturated carbocycles. The topological polar surface area (TPSA) is 72.9 Å². The van der Waals surface area contributed by atoms with Gasteiger partial charge in [-0.05, 0) is 22.9 Å². The van der Waals surface area contributed by atoms with Crippen molar-refractivity contribution in [3.63, 3.8) is 0 Å². The molecule has 1 aromatic carbocycles. The van der Waals surface area contributed by atoms with Crippen molar-refractivity contribution in [2.45, 2.75) is 13.1 Å². The Morgan fingerprint density at radius 3 is 2.88 bits per heavy atom. The molecule has 2 aromatic rings. The third-order valence-electron chi connectivity index (χ3n) is 2.52. The Hall–Kier alpha value is -1.95. The molecule has 17 heavy (non-hydrogen) atoms. The molecule has 0 radical (unpaired) electrons. The minimum atomic E-state index is 0.547. The molecule has 6 heteroatoms. The van der Waals surface area contributed by atoms with Crippen molar-refractivity contribution < 1.29 is 0 Å². The van der Waals surface area contributed by atoms with E-state index >= 15 is 0 Å². The van der Waals surface area contributed by atoms with E-state index < -0.39 is 0 Å². The lowest BCUT2D eigenvalue weighted by atomic mass is 10.2. The van der Waals surface area contributed by atoms with Gasteiger partial charge in [0.25, 0.3) is 0 Å². The standard InChI is InChI=1S/C11H16N6/c1-16(8-11-13-15-17(2)14-11)10-5-3-4-9(6-10)7-12/h3-6H,7-8,12H2,1-2H3. The zero-order chi connectivity index (χ0) is 12.3. The molecule has 2 N–H and O–H groups in total. The first-order valence-electron chi connectivity index (χ1n) is 5.42. The maximum absolute atomic E-state index is 5.62. The SMILES string of the molecule is CN(Cc1nnn(C)n1)c1cccc(CN)c1. The van der Waals surface area contributed by atoms with E-state index in [4.69, 9.17) is 5.73 Å². The van der Waals surface area contributed by atoms with Crippen LogP contribution in [0.4, 0.5) is 5.69 Å². The molecule has 0 saturated heterocycles. The Labute approximate surface area is 100 Å². The van der Waals surface area contributed by atoms with Gasteiger partial charge in [-0.15, -0.1) is 10.2 Å². The zero-order valence-corrected chi connectivity index (χ0v) is 10.0. The third-order valence-corrected chi connectivity index (χ3v) is 2.52. The molecule has 0 unspecified atom stereocenters. The highest BCUT2D eigenvalue weighted by Crippen LogP contribution is 2.15. The Bertz CT molecular complexity index is 492. The number of rotatable bonds is 4. The summed E-state index contributed by atoms with van der Waals surface area (Å²) < 4.78 is 0. The molecule has 0 aliphatic carbocycles. The molecule has 0 fully saturated rings. The lowest BCUT2D eigenvalue weighted by molar-refractivity contribution is 0.627. The van der Waals surface area contributed by atoms with Gasteiger partial charge in [-0.1, -0.05) is 12.1 Å². The smallest absolute Gasteiger partial charge is 0.193 e. The molecule has 0 amide bonds. The maximum atomic E-state index is 5.62. The number of nitrogens with two attached hydrogens (primary N) is 1. The zero-order valence-electron chi connectivity index (χ0n) is 10.0. The van der Waals surface area contributed by atoms with Gasteiger partial charge in [0.05, 0.1) is 13.6 Å². The number of tetrazole rings is 1. The van der Waals surface area contributed by atoms with E-state index in [1.54, 1.807) is 7.05 Å². The van der Waals surface area contributed by atoms with Crippen molar-refractivity contribution in [3.05, 3.63) is 35.7 Å². The number of aryl methyl sites for hydroxylation is 1. The summed E-state index contributed by atoms with van der Waals surface area (Å²) in [4.78, 5) is 3.52. The first-order chi connectivity index (χ1) is 8.19. The van der Waals surface area contributed by atoms with E-state index in [2.05, 4.69) is 26.4 Å². The Morgan fingerprint density at radius 1 is 1.41 bits per heavy atom. The van der Waals surface area contributed by atoms with E-state index in [0.717, 1.165) is 11.3 Å². The van der Waals surface area contributed by atoms with Crippen molar-refractivity contribution >= 4 is 5.69 Å². The molecule has 0 spiro atoms. The number of aromatic nitrogens is 4. The van der Waals surface area contributed by atoms with E-state index in [1.165, 1.54) is 4.80 Å². The monoisotopic (exact) mass is 232 g/mol. The molecule has 90 valence electrons. The second-order valence-electron chi connectivity index (χ2n) is 3.93. The molecule has 0 bridgehead atoms. The highest BCUT2D eigenvalue weighted by molar-refractivity contribution is 5.47. The van der Waals surface area contributed by atoms with Crippen molar-refractivity contribution in [2.75, 3.05) is 11.9 Å². The van der Waals surface area contributed by atoms with Gasteiger partial charge < -0.3 is 10.6 Å². The summed E-state index contributed by atoms with van der Waals surface area (Å²) in [5.41, 5.74) is 7.83. The quantitative estimate of drug-likeness (QED) is 0.821. The Morgan fingerprint density at radius 2 is 2.24 bits per heavy atom. The fourth-order valence-electron chi connectivity index (χ4n) is 1.61. The summed E-state index contributed by atoms with van der Waals surface area (Å²) in [6.07, 6.45) is 0. The third kappa shape index (κ3) is 2.79. The Balaban J connectivity index is 2.11. The summed E-state index contributed by atoms with van der Waals surface area (Å²) in [6, 6.07) is 8.11. The number of benzene rings is 1. The van der Waals surface area contributed by atoms with Gasteiger partial charge in [-0.2, -0.15) is 4.80 Å². The van der Waals surface area contributed by atoms with Gasteiger partial charge >= 0.3 is 0 Å². The van der Waals surface area contributed by atoms with E-state index in [-0.39, 0.29) is 0 Å². The van der Waals surface area contributed by atoms with Crippen molar-refractivity contribution in [1.29, 1.82) is 0 Å². The number of anilines is 1. The minimum Gasteiger partial charge on any atom is -0.367 e. The molecule has 1 aromatic heterocycles. The van der Waals surface area contributed by atoms with Crippen LogP contribution in [0.25, 0.3) is 0 Å². The second kappa shape index (κ2) is 4.92. The van der Waals surface area contributed by atoms with Crippen LogP contribution in [-0.2, 0) is 20.1 Å². The van der Waals surface area contributed by atoms with Gasteiger partial charge in [0.2, 0.25) is 0 Å². The Kier molecular flexibility index (Phi) is 3.34. The molecule has 0 aliphatic heterocycles. The summed E-state index contributed by atoms with van der Waals surface area (Å²) in [7, 11) is 3.75. The first kappa shape index (κ1) is 11.5. The van der Waals surface area contributed by atoms with Gasteiger partial charge in [-0.3, -0.25) is 0 Å². The summed E-state index contributed by atoms with van der Waals surface area (Å²) in [5, 5.41) is 11.9. The summed E-state index contributed by atoms with van der Waals surface area (Å²) >= 11 is 0. The van der Waals surface area contributed by atoms with Crippen LogP contribution >= 0.6 is 0 Å². The summed E-state index contributed by atoms with van der Waals surface area (Å²) in [5.74, 6) is 0.702. The molecule has 0 aliphatic rings. The van der Waals surface area contributed by atoms with Gasteiger partial charge in [-0.25, -0.2) is 0 Å². The predicted octanol–water partition coefficient (Wildman–Crippen LogP) is 0.305. The number of hydrogen-bond donors (Lipinski definition) is 1. The molecule has 1 heterocycles. The summed E-state index contributed by atoms with van der Waals surface area (Å²) in [6.45, 7) is 1.17. The number of hydrogen-bond acceptors (Lipinski definition) is 5. The first-order valence-corrected chi connectivity index (χ1v) is 5.42. The van der Waals surface area contributed by atoms with Crippen LogP contribution < -0.4 is 10.6 Å². The van der Waals surface area contributed by atoms with Crippen LogP contribution in [0.15, 0.2) is 24.3 Å². The molecule has 2 rings (SSSR count). The minimum absolute atomic E-state index is 0.547. The normalized spacial score (nSPS) is 10.5. The van der Waals surface area contributed by atoms with Crippen LogP contribution in [0.1, 0.15) is 11.4 Å². The number of nitrogens with zero attached hydrogens (tertiary/aromatic N) is 5. The largest absolute Gasteiger partial charge is 0.367 e. The highest BCUT2D eigenvalue weighted by Gasteiger charge is 2.06. The molecular weight excluding hydrogens is 216 g/mol. The van der Waals surface area contributed by atoms with E-state index in [0.29, 0.717) is 18.9 Å². The van der Waals surface area contributed by atoms with Gasteiger partial charge in [0, 0.05) is 19.3 Å². The van der Waals surface area contributed by atoms with Crippen molar-refractivity contribution in [1.82, 2.24) is 20.2 Å². The van der Waals surface area contributed by atoms with Crippen molar-refractivity contribution in [2.24, 2.45) is 12.8 Å². The molecule has 6 nitrogen and oxygen atoms in total. The average molecular weight is 232 g/mol. The van der Waals surface area contributed by atoms with Gasteiger partial charge in [0.1, 0.15) is 0 Å². The van der Waals surface area contributed by atoms with Crippen LogP contribution in [-0.4, -0.2) is 27.3 Å².